The number of halogens is 4. The predicted octanol–water partition coefficient (Wildman–Crippen LogP) is 3.77. The normalized spacial score (nSPS) is 19.1. The lowest BCUT2D eigenvalue weighted by Gasteiger charge is -2.36. The third-order valence-corrected chi connectivity index (χ3v) is 5.24. The second kappa shape index (κ2) is 7.03. The van der Waals surface area contributed by atoms with Gasteiger partial charge in [-0.15, -0.1) is 0 Å². The molecule has 2 aromatic rings. The second-order valence-corrected chi connectivity index (χ2v) is 6.87. The number of nitrogens with one attached hydrogen (secondary N) is 3. The maximum atomic E-state index is 13.3. The number of alkyl halides is 3. The maximum Gasteiger partial charge on any atom is 0.417 e. The van der Waals surface area contributed by atoms with Crippen LogP contribution in [0.15, 0.2) is 59.9 Å². The van der Waals surface area contributed by atoms with Crippen molar-refractivity contribution in [1.82, 2.24) is 21.3 Å². The number of carbonyl (C=O) groups excluding carboxylic acids is 1. The number of carbonyl (C=O) groups is 1. The average Bonchev–Trinajstić information content (AvgIpc) is 3.15. The van der Waals surface area contributed by atoms with E-state index in [1.165, 1.54) is 17.0 Å². The molecule has 28 heavy (non-hydrogen) atoms. The van der Waals surface area contributed by atoms with Crippen LogP contribution in [0.4, 0.5) is 13.2 Å². The fourth-order valence-corrected chi connectivity index (χ4v) is 3.85. The van der Waals surface area contributed by atoms with Gasteiger partial charge in [0.2, 0.25) is 0 Å². The average molecular weight is 409 g/mol. The molecule has 2 aliphatic heterocycles. The van der Waals surface area contributed by atoms with Crippen LogP contribution in [0, 0.1) is 0 Å². The van der Waals surface area contributed by atoms with Crippen molar-refractivity contribution in [1.29, 1.82) is 0 Å². The standard InChI is InChI=1S/C19H16ClF3N4O/c20-15-12(7-4-8-13(15)19(21,22)23)18(28)27-10-9-14-16(25-26-24-14)17(27)11-5-2-1-3-6-11/h1-8,17,24-26H,9-10H2. The molecular weight excluding hydrogens is 393 g/mol. The topological polar surface area (TPSA) is 56.4 Å². The van der Waals surface area contributed by atoms with Gasteiger partial charge < -0.3 is 15.8 Å². The van der Waals surface area contributed by atoms with Crippen molar-refractivity contribution in [2.45, 2.75) is 18.6 Å². The van der Waals surface area contributed by atoms with Crippen LogP contribution < -0.4 is 16.4 Å². The highest BCUT2D eigenvalue weighted by molar-refractivity contribution is 6.34. The number of nitrogens with zero attached hydrogens (tertiary/aromatic N) is 1. The Morgan fingerprint density at radius 1 is 1.07 bits per heavy atom. The molecule has 0 radical (unpaired) electrons. The highest BCUT2D eigenvalue weighted by Gasteiger charge is 2.39. The van der Waals surface area contributed by atoms with Gasteiger partial charge >= 0.3 is 6.18 Å². The fourth-order valence-electron chi connectivity index (χ4n) is 3.54. The van der Waals surface area contributed by atoms with Crippen molar-refractivity contribution in [3.63, 3.8) is 0 Å². The Morgan fingerprint density at radius 3 is 2.54 bits per heavy atom. The van der Waals surface area contributed by atoms with Crippen LogP contribution in [0.1, 0.15) is 33.9 Å². The van der Waals surface area contributed by atoms with Crippen LogP contribution in [0.5, 0.6) is 0 Å². The van der Waals surface area contributed by atoms with Crippen LogP contribution in [0.2, 0.25) is 5.02 Å². The summed E-state index contributed by atoms with van der Waals surface area (Å²) in [6.45, 7) is 0.333. The minimum absolute atomic E-state index is 0.166. The molecule has 1 unspecified atom stereocenters. The first-order chi connectivity index (χ1) is 13.4. The van der Waals surface area contributed by atoms with Crippen molar-refractivity contribution in [2.24, 2.45) is 0 Å². The first kappa shape index (κ1) is 18.6. The summed E-state index contributed by atoms with van der Waals surface area (Å²) < 4.78 is 39.6. The Labute approximate surface area is 164 Å². The summed E-state index contributed by atoms with van der Waals surface area (Å²) in [4.78, 5) is 14.8. The number of hydrogen-bond donors (Lipinski definition) is 3. The van der Waals surface area contributed by atoms with Gasteiger partial charge in [0.1, 0.15) is 6.04 Å². The molecule has 2 aromatic carbocycles. The fraction of sp³-hybridized carbons (Fsp3) is 0.211. The zero-order valence-electron chi connectivity index (χ0n) is 14.5. The summed E-state index contributed by atoms with van der Waals surface area (Å²) in [5.74, 6) is -0.551. The Hall–Kier alpha value is -2.71. The number of hydrogen-bond acceptors (Lipinski definition) is 4. The molecule has 4 rings (SSSR count). The molecule has 2 aliphatic rings. The molecule has 0 fully saturated rings. The highest BCUT2D eigenvalue weighted by atomic mass is 35.5. The highest BCUT2D eigenvalue weighted by Crippen LogP contribution is 2.39. The van der Waals surface area contributed by atoms with Gasteiger partial charge in [-0.1, -0.05) is 48.0 Å². The molecule has 0 spiro atoms. The summed E-state index contributed by atoms with van der Waals surface area (Å²) >= 11 is 5.99. The molecule has 1 atom stereocenters. The zero-order valence-corrected chi connectivity index (χ0v) is 15.2. The molecule has 0 aliphatic carbocycles. The monoisotopic (exact) mass is 408 g/mol. The number of amides is 1. The van der Waals surface area contributed by atoms with Gasteiger partial charge in [-0.25, -0.2) is 0 Å². The maximum absolute atomic E-state index is 13.3. The van der Waals surface area contributed by atoms with E-state index >= 15 is 0 Å². The van der Waals surface area contributed by atoms with Gasteiger partial charge in [-0.3, -0.25) is 4.79 Å². The summed E-state index contributed by atoms with van der Waals surface area (Å²) in [7, 11) is 0. The number of benzene rings is 2. The van der Waals surface area contributed by atoms with E-state index in [-0.39, 0.29) is 5.56 Å². The molecule has 1 amide bonds. The van der Waals surface area contributed by atoms with Gasteiger partial charge in [0, 0.05) is 13.0 Å². The number of hydrazine groups is 2. The molecule has 5 nitrogen and oxygen atoms in total. The Kier molecular flexibility index (Phi) is 4.68. The van der Waals surface area contributed by atoms with E-state index < -0.39 is 28.7 Å². The molecule has 3 N–H and O–H groups in total. The molecule has 9 heteroatoms. The van der Waals surface area contributed by atoms with Crippen molar-refractivity contribution in [3.8, 4) is 0 Å². The minimum atomic E-state index is -4.63. The van der Waals surface area contributed by atoms with Crippen LogP contribution in [-0.2, 0) is 6.18 Å². The molecule has 2 heterocycles. The lowest BCUT2D eigenvalue weighted by atomic mass is 9.95. The van der Waals surface area contributed by atoms with Crippen LogP contribution >= 0.6 is 11.6 Å². The Morgan fingerprint density at radius 2 is 1.82 bits per heavy atom. The van der Waals surface area contributed by atoms with E-state index in [1.807, 2.05) is 30.3 Å². The van der Waals surface area contributed by atoms with Crippen molar-refractivity contribution < 1.29 is 18.0 Å². The molecule has 0 aromatic heterocycles. The largest absolute Gasteiger partial charge is 0.417 e. The van der Waals surface area contributed by atoms with E-state index in [0.29, 0.717) is 13.0 Å². The van der Waals surface area contributed by atoms with Gasteiger partial charge in [0.15, 0.2) is 0 Å². The van der Waals surface area contributed by atoms with E-state index in [0.717, 1.165) is 23.0 Å². The van der Waals surface area contributed by atoms with Crippen molar-refractivity contribution >= 4 is 17.5 Å². The summed E-state index contributed by atoms with van der Waals surface area (Å²) in [5.41, 5.74) is 10.1. The molecule has 0 bridgehead atoms. The lowest BCUT2D eigenvalue weighted by molar-refractivity contribution is -0.137. The lowest BCUT2D eigenvalue weighted by Crippen LogP contribution is -2.42. The molecule has 0 saturated carbocycles. The third kappa shape index (κ3) is 3.18. The molecule has 0 saturated heterocycles. The van der Waals surface area contributed by atoms with E-state index in [9.17, 15) is 18.0 Å². The van der Waals surface area contributed by atoms with Crippen molar-refractivity contribution in [2.75, 3.05) is 6.54 Å². The Balaban J connectivity index is 1.77. The smallest absolute Gasteiger partial charge is 0.325 e. The second-order valence-electron chi connectivity index (χ2n) is 6.49. The summed E-state index contributed by atoms with van der Waals surface area (Å²) in [6, 6.07) is 12.2. The van der Waals surface area contributed by atoms with Gasteiger partial charge in [-0.2, -0.15) is 18.7 Å². The van der Waals surface area contributed by atoms with E-state index in [2.05, 4.69) is 16.4 Å². The predicted molar refractivity (Wildman–Crippen MR) is 97.7 cm³/mol. The molecular formula is C19H16ClF3N4O. The molecule has 146 valence electrons. The quantitative estimate of drug-likeness (QED) is 0.708. The van der Waals surface area contributed by atoms with Gasteiger partial charge in [-0.05, 0) is 17.7 Å². The first-order valence-corrected chi connectivity index (χ1v) is 8.97. The SMILES string of the molecule is O=C(c1cccc(C(F)(F)F)c1Cl)N1CCC2=C(NNN2)C1c1ccccc1. The first-order valence-electron chi connectivity index (χ1n) is 8.59. The third-order valence-electron chi connectivity index (χ3n) is 4.83. The number of rotatable bonds is 2. The summed E-state index contributed by atoms with van der Waals surface area (Å²) in [5, 5.41) is -0.581. The Bertz CT molecular complexity index is 946. The van der Waals surface area contributed by atoms with Crippen LogP contribution in [0.25, 0.3) is 0 Å². The van der Waals surface area contributed by atoms with E-state index in [4.69, 9.17) is 11.6 Å². The minimum Gasteiger partial charge on any atom is -0.325 e. The van der Waals surface area contributed by atoms with Gasteiger partial charge in [0.25, 0.3) is 5.91 Å². The zero-order chi connectivity index (χ0) is 19.9. The van der Waals surface area contributed by atoms with Crippen LogP contribution in [-0.4, -0.2) is 17.4 Å². The van der Waals surface area contributed by atoms with E-state index in [1.54, 1.807) is 0 Å². The van der Waals surface area contributed by atoms with Crippen LogP contribution in [0.3, 0.4) is 0 Å². The van der Waals surface area contributed by atoms with Gasteiger partial charge in [0.05, 0.1) is 27.5 Å². The van der Waals surface area contributed by atoms with Crippen molar-refractivity contribution in [3.05, 3.63) is 81.6 Å². The summed E-state index contributed by atoms with van der Waals surface area (Å²) in [6.07, 6.45) is -4.11.